The molecule has 0 aromatic carbocycles. The van der Waals surface area contributed by atoms with Crippen molar-refractivity contribution in [2.24, 2.45) is 0 Å². The predicted octanol–water partition coefficient (Wildman–Crippen LogP) is 3.31. The molecular formula is C10H13F3N2. The second-order valence-corrected chi connectivity index (χ2v) is 4.30. The smallest absolute Gasteiger partial charge is 0.365 e. The van der Waals surface area contributed by atoms with Crippen LogP contribution in [0.3, 0.4) is 0 Å². The van der Waals surface area contributed by atoms with Gasteiger partial charge in [0.2, 0.25) is 0 Å². The number of pyridine rings is 1. The van der Waals surface area contributed by atoms with Gasteiger partial charge in [-0.05, 0) is 32.9 Å². The van der Waals surface area contributed by atoms with Crippen molar-refractivity contribution in [1.82, 2.24) is 4.98 Å². The second-order valence-electron chi connectivity index (χ2n) is 4.30. The minimum absolute atomic E-state index is 0.234. The van der Waals surface area contributed by atoms with E-state index in [-0.39, 0.29) is 11.4 Å². The van der Waals surface area contributed by atoms with Crippen LogP contribution in [-0.2, 0) is 6.18 Å². The monoisotopic (exact) mass is 218 g/mol. The quantitative estimate of drug-likeness (QED) is 0.782. The van der Waals surface area contributed by atoms with Crippen LogP contribution in [0.2, 0.25) is 0 Å². The molecule has 1 aromatic heterocycles. The van der Waals surface area contributed by atoms with Gasteiger partial charge in [-0.2, -0.15) is 13.2 Å². The Morgan fingerprint density at radius 2 is 1.80 bits per heavy atom. The summed E-state index contributed by atoms with van der Waals surface area (Å²) < 4.78 is 37.0. The summed E-state index contributed by atoms with van der Waals surface area (Å²) in [7, 11) is 0. The lowest BCUT2D eigenvalue weighted by molar-refractivity contribution is -0.137. The van der Waals surface area contributed by atoms with Crippen molar-refractivity contribution in [3.05, 3.63) is 23.9 Å². The van der Waals surface area contributed by atoms with Crippen LogP contribution < -0.4 is 5.32 Å². The van der Waals surface area contributed by atoms with E-state index in [1.54, 1.807) is 0 Å². The molecule has 0 atom stereocenters. The second kappa shape index (κ2) is 3.72. The zero-order valence-electron chi connectivity index (χ0n) is 8.81. The highest BCUT2D eigenvalue weighted by atomic mass is 19.4. The summed E-state index contributed by atoms with van der Waals surface area (Å²) in [5, 5.41) is 2.88. The maximum absolute atomic E-state index is 12.3. The lowest BCUT2D eigenvalue weighted by Crippen LogP contribution is -2.26. The highest BCUT2D eigenvalue weighted by molar-refractivity contribution is 5.40. The average molecular weight is 218 g/mol. The Morgan fingerprint density at radius 1 is 1.20 bits per heavy atom. The Morgan fingerprint density at radius 3 is 2.27 bits per heavy atom. The fourth-order valence-corrected chi connectivity index (χ4v) is 1.06. The molecular weight excluding hydrogens is 205 g/mol. The zero-order chi connectivity index (χ0) is 11.7. The maximum Gasteiger partial charge on any atom is 0.416 e. The molecule has 2 nitrogen and oxygen atoms in total. The first-order valence-corrected chi connectivity index (χ1v) is 4.50. The van der Waals surface area contributed by atoms with Crippen LogP contribution in [0.15, 0.2) is 18.3 Å². The van der Waals surface area contributed by atoms with E-state index in [0.717, 1.165) is 18.3 Å². The number of nitrogens with zero attached hydrogens (tertiary/aromatic N) is 1. The number of anilines is 1. The Kier molecular flexibility index (Phi) is 2.93. The van der Waals surface area contributed by atoms with Crippen molar-refractivity contribution < 1.29 is 13.2 Å². The van der Waals surface area contributed by atoms with Crippen LogP contribution in [-0.4, -0.2) is 10.5 Å². The van der Waals surface area contributed by atoms with E-state index in [2.05, 4.69) is 10.3 Å². The first-order chi connectivity index (χ1) is 6.68. The van der Waals surface area contributed by atoms with Gasteiger partial charge in [0.25, 0.3) is 0 Å². The molecule has 1 aromatic rings. The highest BCUT2D eigenvalue weighted by Crippen LogP contribution is 2.30. The molecule has 0 radical (unpaired) electrons. The van der Waals surface area contributed by atoms with Gasteiger partial charge in [-0.25, -0.2) is 4.98 Å². The van der Waals surface area contributed by atoms with E-state index in [0.29, 0.717) is 0 Å². The molecule has 0 aliphatic carbocycles. The summed E-state index contributed by atoms with van der Waals surface area (Å²) in [6.45, 7) is 5.57. The molecule has 1 N–H and O–H groups in total. The first-order valence-electron chi connectivity index (χ1n) is 4.50. The molecule has 1 rings (SSSR count). The number of aromatic nitrogens is 1. The Bertz CT molecular complexity index is 339. The maximum atomic E-state index is 12.3. The summed E-state index contributed by atoms with van der Waals surface area (Å²) in [6.07, 6.45) is -3.17. The first kappa shape index (κ1) is 11.8. The van der Waals surface area contributed by atoms with Gasteiger partial charge in [0.1, 0.15) is 5.82 Å². The normalized spacial score (nSPS) is 12.7. The molecule has 15 heavy (non-hydrogen) atoms. The van der Waals surface area contributed by atoms with Crippen molar-refractivity contribution in [1.29, 1.82) is 0 Å². The fraction of sp³-hybridized carbons (Fsp3) is 0.500. The largest absolute Gasteiger partial charge is 0.416 e. The van der Waals surface area contributed by atoms with E-state index < -0.39 is 11.7 Å². The van der Waals surface area contributed by atoms with Gasteiger partial charge in [-0.1, -0.05) is 0 Å². The predicted molar refractivity (Wildman–Crippen MR) is 52.6 cm³/mol. The molecule has 0 bridgehead atoms. The van der Waals surface area contributed by atoms with E-state index in [1.165, 1.54) is 0 Å². The van der Waals surface area contributed by atoms with Crippen LogP contribution in [0.5, 0.6) is 0 Å². The molecule has 1 heterocycles. The SMILES string of the molecule is CC(C)(C)Nc1cc(C(F)(F)F)ccn1. The van der Waals surface area contributed by atoms with Crippen LogP contribution in [0, 0.1) is 0 Å². The number of alkyl halides is 3. The minimum Gasteiger partial charge on any atom is -0.365 e. The van der Waals surface area contributed by atoms with Crippen molar-refractivity contribution in [3.8, 4) is 0 Å². The summed E-state index contributed by atoms with van der Waals surface area (Å²) in [5.74, 6) is 0.234. The number of halogens is 3. The van der Waals surface area contributed by atoms with Crippen molar-refractivity contribution in [2.75, 3.05) is 5.32 Å². The van der Waals surface area contributed by atoms with Gasteiger partial charge in [0.05, 0.1) is 5.56 Å². The van der Waals surface area contributed by atoms with Crippen molar-refractivity contribution >= 4 is 5.82 Å². The van der Waals surface area contributed by atoms with Crippen LogP contribution >= 0.6 is 0 Å². The van der Waals surface area contributed by atoms with Crippen molar-refractivity contribution in [3.63, 3.8) is 0 Å². The number of nitrogens with one attached hydrogen (secondary N) is 1. The standard InChI is InChI=1S/C10H13F3N2/c1-9(2,3)15-8-6-7(4-5-14-8)10(11,12)13/h4-6H,1-3H3,(H,14,15). The van der Waals surface area contributed by atoms with Gasteiger partial charge >= 0.3 is 6.18 Å². The van der Waals surface area contributed by atoms with Gasteiger partial charge in [-0.15, -0.1) is 0 Å². The molecule has 0 saturated carbocycles. The van der Waals surface area contributed by atoms with Crippen molar-refractivity contribution in [2.45, 2.75) is 32.5 Å². The third kappa shape index (κ3) is 3.77. The molecule has 5 heteroatoms. The van der Waals surface area contributed by atoms with Gasteiger partial charge < -0.3 is 5.32 Å². The zero-order valence-corrected chi connectivity index (χ0v) is 8.81. The van der Waals surface area contributed by atoms with Crippen LogP contribution in [0.1, 0.15) is 26.3 Å². The third-order valence-corrected chi connectivity index (χ3v) is 1.59. The molecule has 0 aliphatic rings. The van der Waals surface area contributed by atoms with E-state index in [4.69, 9.17) is 0 Å². The number of hydrogen-bond acceptors (Lipinski definition) is 2. The molecule has 84 valence electrons. The highest BCUT2D eigenvalue weighted by Gasteiger charge is 2.30. The average Bonchev–Trinajstić information content (AvgIpc) is 1.99. The van der Waals surface area contributed by atoms with Crippen LogP contribution in [0.25, 0.3) is 0 Å². The summed E-state index contributed by atoms with van der Waals surface area (Å²) in [5.41, 5.74) is -0.999. The lowest BCUT2D eigenvalue weighted by atomic mass is 10.1. The van der Waals surface area contributed by atoms with Gasteiger partial charge in [0, 0.05) is 11.7 Å². The van der Waals surface area contributed by atoms with E-state index in [1.807, 2.05) is 20.8 Å². The molecule has 0 unspecified atom stereocenters. The minimum atomic E-state index is -4.32. The molecule has 0 fully saturated rings. The Labute approximate surface area is 86.5 Å². The van der Waals surface area contributed by atoms with E-state index >= 15 is 0 Å². The summed E-state index contributed by atoms with van der Waals surface area (Å²) in [4.78, 5) is 3.83. The molecule has 0 spiro atoms. The molecule has 0 saturated heterocycles. The Balaban J connectivity index is 2.94. The Hall–Kier alpha value is -1.26. The molecule has 0 aliphatic heterocycles. The van der Waals surface area contributed by atoms with Crippen LogP contribution in [0.4, 0.5) is 19.0 Å². The summed E-state index contributed by atoms with van der Waals surface area (Å²) >= 11 is 0. The topological polar surface area (TPSA) is 24.9 Å². The number of rotatable bonds is 1. The van der Waals surface area contributed by atoms with Gasteiger partial charge in [-0.3, -0.25) is 0 Å². The van der Waals surface area contributed by atoms with E-state index in [9.17, 15) is 13.2 Å². The molecule has 0 amide bonds. The summed E-state index contributed by atoms with van der Waals surface area (Å²) in [6, 6.07) is 1.96. The fourth-order valence-electron chi connectivity index (χ4n) is 1.06. The number of hydrogen-bond donors (Lipinski definition) is 1. The third-order valence-electron chi connectivity index (χ3n) is 1.59. The lowest BCUT2D eigenvalue weighted by Gasteiger charge is -2.21. The van der Waals surface area contributed by atoms with Gasteiger partial charge in [0.15, 0.2) is 0 Å².